The van der Waals surface area contributed by atoms with Crippen LogP contribution in [0.3, 0.4) is 0 Å². The lowest BCUT2D eigenvalue weighted by Crippen LogP contribution is -2.42. The smallest absolute Gasteiger partial charge is 0.356 e. The van der Waals surface area contributed by atoms with E-state index in [9.17, 15) is 9.59 Å². The molecule has 2 unspecified atom stereocenters. The van der Waals surface area contributed by atoms with Gasteiger partial charge >= 0.3 is 5.97 Å². The molecule has 1 fully saturated rings. The van der Waals surface area contributed by atoms with Crippen molar-refractivity contribution >= 4 is 11.9 Å². The van der Waals surface area contributed by atoms with E-state index in [0.29, 0.717) is 5.92 Å². The van der Waals surface area contributed by atoms with Crippen molar-refractivity contribution in [2.75, 3.05) is 7.11 Å². The molecule has 0 bridgehead atoms. The Kier molecular flexibility index (Phi) is 5.31. The van der Waals surface area contributed by atoms with Crippen LogP contribution in [-0.2, 0) is 4.74 Å². The van der Waals surface area contributed by atoms with Gasteiger partial charge in [-0.3, -0.25) is 4.79 Å². The molecule has 114 valence electrons. The summed E-state index contributed by atoms with van der Waals surface area (Å²) in [7, 11) is 1.30. The van der Waals surface area contributed by atoms with E-state index >= 15 is 0 Å². The van der Waals surface area contributed by atoms with E-state index in [0.717, 1.165) is 25.7 Å². The topological polar surface area (TPSA) is 68.3 Å². The maximum Gasteiger partial charge on any atom is 0.356 e. The van der Waals surface area contributed by atoms with Crippen molar-refractivity contribution in [3.63, 3.8) is 0 Å². The van der Waals surface area contributed by atoms with Gasteiger partial charge < -0.3 is 10.1 Å². The van der Waals surface area contributed by atoms with E-state index in [1.807, 2.05) is 0 Å². The Balaban J connectivity index is 2.07. The summed E-state index contributed by atoms with van der Waals surface area (Å²) in [4.78, 5) is 27.8. The number of esters is 1. The van der Waals surface area contributed by atoms with E-state index in [1.54, 1.807) is 12.1 Å². The zero-order chi connectivity index (χ0) is 15.2. The Morgan fingerprint density at radius 3 is 2.71 bits per heavy atom. The van der Waals surface area contributed by atoms with Crippen LogP contribution >= 0.6 is 0 Å². The van der Waals surface area contributed by atoms with E-state index in [2.05, 4.69) is 22.0 Å². The monoisotopic (exact) mass is 290 g/mol. The molecule has 0 spiro atoms. The predicted octanol–water partition coefficient (Wildman–Crippen LogP) is 2.57. The number of methoxy groups -OCH3 is 1. The zero-order valence-corrected chi connectivity index (χ0v) is 12.6. The molecule has 21 heavy (non-hydrogen) atoms. The van der Waals surface area contributed by atoms with E-state index in [1.165, 1.54) is 19.6 Å². The van der Waals surface area contributed by atoms with Crippen molar-refractivity contribution in [3.8, 4) is 0 Å². The van der Waals surface area contributed by atoms with Crippen molar-refractivity contribution in [2.45, 2.75) is 45.1 Å². The van der Waals surface area contributed by atoms with Gasteiger partial charge in [0.15, 0.2) is 0 Å². The summed E-state index contributed by atoms with van der Waals surface area (Å²) in [6, 6.07) is 5.01. The number of pyridine rings is 1. The van der Waals surface area contributed by atoms with E-state index in [4.69, 9.17) is 0 Å². The van der Waals surface area contributed by atoms with Gasteiger partial charge in [0.25, 0.3) is 5.91 Å². The Morgan fingerprint density at radius 2 is 2.00 bits per heavy atom. The number of ether oxygens (including phenoxy) is 1. The van der Waals surface area contributed by atoms with Crippen LogP contribution in [0.15, 0.2) is 18.2 Å². The van der Waals surface area contributed by atoms with E-state index < -0.39 is 5.97 Å². The molecule has 1 aromatic heterocycles. The molecule has 5 nitrogen and oxygen atoms in total. The average Bonchev–Trinajstić information content (AvgIpc) is 2.54. The first kappa shape index (κ1) is 15.5. The molecule has 5 heteroatoms. The van der Waals surface area contributed by atoms with Gasteiger partial charge in [-0.1, -0.05) is 32.3 Å². The minimum atomic E-state index is -0.534. The lowest BCUT2D eigenvalue weighted by molar-refractivity contribution is 0.0594. The maximum absolute atomic E-state index is 12.3. The SMILES string of the molecule is CCC1CCCCC1NC(=O)c1cccc(C(=O)OC)n1. The molecule has 1 N–H and O–H groups in total. The summed E-state index contributed by atoms with van der Waals surface area (Å²) < 4.78 is 4.62. The standard InChI is InChI=1S/C16H22N2O3/c1-3-11-7-4-5-8-12(11)18-15(19)13-9-6-10-14(17-13)16(20)21-2/h6,9-12H,3-5,7-8H2,1-2H3,(H,18,19). The summed E-state index contributed by atoms with van der Waals surface area (Å²) in [5, 5.41) is 3.07. The van der Waals surface area contributed by atoms with Crippen LogP contribution < -0.4 is 5.32 Å². The lowest BCUT2D eigenvalue weighted by Gasteiger charge is -2.31. The molecule has 1 aliphatic carbocycles. The highest BCUT2D eigenvalue weighted by molar-refractivity contribution is 5.94. The molecule has 1 amide bonds. The Morgan fingerprint density at radius 1 is 1.29 bits per heavy atom. The first-order chi connectivity index (χ1) is 10.2. The van der Waals surface area contributed by atoms with Gasteiger partial charge in [0.2, 0.25) is 0 Å². The van der Waals surface area contributed by atoms with Gasteiger partial charge in [-0.15, -0.1) is 0 Å². The third-order valence-corrected chi connectivity index (χ3v) is 4.13. The number of rotatable bonds is 4. The van der Waals surface area contributed by atoms with Crippen molar-refractivity contribution in [1.29, 1.82) is 0 Å². The van der Waals surface area contributed by atoms with Crippen molar-refractivity contribution in [1.82, 2.24) is 10.3 Å². The van der Waals surface area contributed by atoms with Crippen LogP contribution in [-0.4, -0.2) is 30.0 Å². The quantitative estimate of drug-likeness (QED) is 0.865. The molecule has 1 heterocycles. The third-order valence-electron chi connectivity index (χ3n) is 4.13. The molecular weight excluding hydrogens is 268 g/mol. The van der Waals surface area contributed by atoms with Crippen LogP contribution in [0.2, 0.25) is 0 Å². The van der Waals surface area contributed by atoms with Crippen LogP contribution in [0.4, 0.5) is 0 Å². The van der Waals surface area contributed by atoms with Crippen LogP contribution in [0.25, 0.3) is 0 Å². The highest BCUT2D eigenvalue weighted by Gasteiger charge is 2.25. The van der Waals surface area contributed by atoms with Gasteiger partial charge in [-0.05, 0) is 30.9 Å². The predicted molar refractivity (Wildman–Crippen MR) is 79.1 cm³/mol. The molecule has 0 radical (unpaired) electrons. The summed E-state index contributed by atoms with van der Waals surface area (Å²) in [5.41, 5.74) is 0.416. The number of carbonyl (C=O) groups is 2. The second-order valence-electron chi connectivity index (χ2n) is 5.43. The number of hydrogen-bond acceptors (Lipinski definition) is 4. The fourth-order valence-electron chi connectivity index (χ4n) is 2.91. The Labute approximate surface area is 125 Å². The zero-order valence-electron chi connectivity index (χ0n) is 12.6. The number of aromatic nitrogens is 1. The molecule has 2 atom stereocenters. The van der Waals surface area contributed by atoms with Gasteiger partial charge in [0, 0.05) is 6.04 Å². The first-order valence-electron chi connectivity index (χ1n) is 7.52. The fraction of sp³-hybridized carbons (Fsp3) is 0.562. The third kappa shape index (κ3) is 3.80. The Hall–Kier alpha value is -1.91. The molecule has 1 aliphatic rings. The molecule has 0 aromatic carbocycles. The fourth-order valence-corrected chi connectivity index (χ4v) is 2.91. The Bertz CT molecular complexity index is 516. The van der Waals surface area contributed by atoms with Crippen molar-refractivity contribution < 1.29 is 14.3 Å². The summed E-state index contributed by atoms with van der Waals surface area (Å²) >= 11 is 0. The molecular formula is C16H22N2O3. The highest BCUT2D eigenvalue weighted by Crippen LogP contribution is 2.26. The molecule has 2 rings (SSSR count). The molecule has 0 saturated heterocycles. The van der Waals surface area contributed by atoms with Gasteiger partial charge in [-0.2, -0.15) is 0 Å². The second kappa shape index (κ2) is 7.20. The molecule has 1 aromatic rings. The normalized spacial score (nSPS) is 21.6. The number of nitrogens with zero attached hydrogens (tertiary/aromatic N) is 1. The lowest BCUT2D eigenvalue weighted by atomic mass is 9.83. The summed E-state index contributed by atoms with van der Waals surface area (Å²) in [6.07, 6.45) is 5.64. The maximum atomic E-state index is 12.3. The van der Waals surface area contributed by atoms with E-state index in [-0.39, 0.29) is 23.3 Å². The average molecular weight is 290 g/mol. The van der Waals surface area contributed by atoms with Gasteiger partial charge in [0.1, 0.15) is 11.4 Å². The van der Waals surface area contributed by atoms with Gasteiger partial charge in [-0.25, -0.2) is 9.78 Å². The number of amides is 1. The second-order valence-corrected chi connectivity index (χ2v) is 5.43. The van der Waals surface area contributed by atoms with Crippen LogP contribution in [0, 0.1) is 5.92 Å². The van der Waals surface area contributed by atoms with Gasteiger partial charge in [0.05, 0.1) is 7.11 Å². The number of hydrogen-bond donors (Lipinski definition) is 1. The highest BCUT2D eigenvalue weighted by atomic mass is 16.5. The molecule has 1 saturated carbocycles. The minimum Gasteiger partial charge on any atom is -0.464 e. The largest absolute Gasteiger partial charge is 0.464 e. The summed E-state index contributed by atoms with van der Waals surface area (Å²) in [5.74, 6) is -0.216. The molecule has 0 aliphatic heterocycles. The van der Waals surface area contributed by atoms with Crippen molar-refractivity contribution in [3.05, 3.63) is 29.6 Å². The summed E-state index contributed by atoms with van der Waals surface area (Å²) in [6.45, 7) is 2.16. The van der Waals surface area contributed by atoms with Crippen LogP contribution in [0.1, 0.15) is 60.0 Å². The van der Waals surface area contributed by atoms with Crippen molar-refractivity contribution in [2.24, 2.45) is 5.92 Å². The first-order valence-corrected chi connectivity index (χ1v) is 7.52. The number of carbonyl (C=O) groups excluding carboxylic acids is 2. The van der Waals surface area contributed by atoms with Crippen LogP contribution in [0.5, 0.6) is 0 Å². The minimum absolute atomic E-state index is 0.154. The number of nitrogens with one attached hydrogen (secondary N) is 1.